The van der Waals surface area contributed by atoms with Crippen LogP contribution in [0.3, 0.4) is 0 Å². The fourth-order valence-electron chi connectivity index (χ4n) is 1.29. The molecule has 0 spiro atoms. The Kier molecular flexibility index (Phi) is 4.63. The molecule has 0 radical (unpaired) electrons. The molecule has 0 fully saturated rings. The summed E-state index contributed by atoms with van der Waals surface area (Å²) in [6, 6.07) is -0.143. The van der Waals surface area contributed by atoms with E-state index in [0.29, 0.717) is 5.69 Å². The van der Waals surface area contributed by atoms with Gasteiger partial charge in [0.15, 0.2) is 0 Å². The van der Waals surface area contributed by atoms with E-state index in [-0.39, 0.29) is 29.5 Å². The summed E-state index contributed by atoms with van der Waals surface area (Å²) in [5, 5.41) is 18.0. The second kappa shape index (κ2) is 5.76. The van der Waals surface area contributed by atoms with Crippen molar-refractivity contribution in [2.24, 2.45) is 0 Å². The number of aliphatic hydroxyl groups is 1. The lowest BCUT2D eigenvalue weighted by molar-refractivity contribution is 0.0932. The maximum absolute atomic E-state index is 11.7. The molecule has 0 bridgehead atoms. The number of nitrogen functional groups attached to an aromatic ring is 1. The first-order valence-electron chi connectivity index (χ1n) is 4.83. The molecule has 0 saturated heterocycles. The summed E-state index contributed by atoms with van der Waals surface area (Å²) in [5.74, 6) is -0.310. The van der Waals surface area contributed by atoms with E-state index in [0.717, 1.165) is 0 Å². The SMILES string of the molecule is CSC(CO)C(C)NC(=O)c1[nH]ncc1N. The number of aromatic nitrogens is 2. The van der Waals surface area contributed by atoms with E-state index < -0.39 is 0 Å². The van der Waals surface area contributed by atoms with Gasteiger partial charge in [-0.15, -0.1) is 0 Å². The van der Waals surface area contributed by atoms with Crippen LogP contribution in [0.5, 0.6) is 0 Å². The highest BCUT2D eigenvalue weighted by atomic mass is 32.2. The molecule has 90 valence electrons. The molecule has 2 atom stereocenters. The van der Waals surface area contributed by atoms with Crippen LogP contribution < -0.4 is 11.1 Å². The number of anilines is 1. The van der Waals surface area contributed by atoms with Crippen molar-refractivity contribution in [3.63, 3.8) is 0 Å². The van der Waals surface area contributed by atoms with E-state index in [2.05, 4.69) is 15.5 Å². The Hall–Kier alpha value is -1.21. The van der Waals surface area contributed by atoms with Gasteiger partial charge in [-0.3, -0.25) is 9.89 Å². The first-order chi connectivity index (χ1) is 7.60. The molecule has 7 heteroatoms. The third-order valence-electron chi connectivity index (χ3n) is 2.29. The number of hydrogen-bond acceptors (Lipinski definition) is 5. The standard InChI is InChI=1S/C9H16N4O2S/c1-5(7(4-14)16-2)12-9(15)8-6(10)3-11-13-8/h3,5,7,14H,4,10H2,1-2H3,(H,11,13)(H,12,15). The quantitative estimate of drug-likeness (QED) is 0.576. The zero-order chi connectivity index (χ0) is 12.1. The van der Waals surface area contributed by atoms with Crippen molar-refractivity contribution in [3.05, 3.63) is 11.9 Å². The van der Waals surface area contributed by atoms with Crippen LogP contribution in [0.25, 0.3) is 0 Å². The smallest absolute Gasteiger partial charge is 0.271 e. The van der Waals surface area contributed by atoms with Crippen LogP contribution in [0.2, 0.25) is 0 Å². The van der Waals surface area contributed by atoms with Crippen molar-refractivity contribution in [2.75, 3.05) is 18.6 Å². The molecule has 16 heavy (non-hydrogen) atoms. The predicted molar refractivity (Wildman–Crippen MR) is 64.3 cm³/mol. The summed E-state index contributed by atoms with van der Waals surface area (Å²) in [7, 11) is 0. The molecule has 1 heterocycles. The monoisotopic (exact) mass is 244 g/mol. The summed E-state index contributed by atoms with van der Waals surface area (Å²) >= 11 is 1.50. The van der Waals surface area contributed by atoms with Gasteiger partial charge >= 0.3 is 0 Å². The number of nitrogens with two attached hydrogens (primary N) is 1. The van der Waals surface area contributed by atoms with Crippen LogP contribution in [0.4, 0.5) is 5.69 Å². The molecule has 0 aromatic carbocycles. The number of H-pyrrole nitrogens is 1. The van der Waals surface area contributed by atoms with Gasteiger partial charge in [-0.1, -0.05) is 0 Å². The molecule has 0 aliphatic carbocycles. The molecule has 2 unspecified atom stereocenters. The Morgan fingerprint density at radius 2 is 2.50 bits per heavy atom. The largest absolute Gasteiger partial charge is 0.396 e. The fourth-order valence-corrected chi connectivity index (χ4v) is 1.91. The number of thioether (sulfide) groups is 1. The zero-order valence-corrected chi connectivity index (χ0v) is 10.0. The highest BCUT2D eigenvalue weighted by Crippen LogP contribution is 2.12. The Morgan fingerprint density at radius 1 is 1.81 bits per heavy atom. The lowest BCUT2D eigenvalue weighted by Gasteiger charge is -2.20. The number of carbonyl (C=O) groups is 1. The fraction of sp³-hybridized carbons (Fsp3) is 0.556. The van der Waals surface area contributed by atoms with Gasteiger partial charge in [0.25, 0.3) is 5.91 Å². The Balaban J connectivity index is 2.61. The van der Waals surface area contributed by atoms with Gasteiger partial charge in [-0.25, -0.2) is 0 Å². The minimum absolute atomic E-state index is 0.0150. The van der Waals surface area contributed by atoms with E-state index in [4.69, 9.17) is 10.8 Å². The Labute approximate surface area is 98.0 Å². The van der Waals surface area contributed by atoms with Crippen molar-refractivity contribution in [3.8, 4) is 0 Å². The van der Waals surface area contributed by atoms with E-state index in [1.807, 2.05) is 13.2 Å². The number of hydrogen-bond donors (Lipinski definition) is 4. The number of rotatable bonds is 5. The van der Waals surface area contributed by atoms with Crippen LogP contribution in [0.1, 0.15) is 17.4 Å². The highest BCUT2D eigenvalue weighted by Gasteiger charge is 2.20. The molecule has 0 saturated carbocycles. The minimum Gasteiger partial charge on any atom is -0.396 e. The van der Waals surface area contributed by atoms with Crippen LogP contribution in [-0.4, -0.2) is 45.4 Å². The lowest BCUT2D eigenvalue weighted by atomic mass is 10.2. The zero-order valence-electron chi connectivity index (χ0n) is 9.23. The van der Waals surface area contributed by atoms with E-state index in [1.165, 1.54) is 18.0 Å². The van der Waals surface area contributed by atoms with Gasteiger partial charge in [0.2, 0.25) is 0 Å². The minimum atomic E-state index is -0.310. The Bertz CT molecular complexity index is 351. The topological polar surface area (TPSA) is 104 Å². The molecule has 1 amide bonds. The van der Waals surface area contributed by atoms with Crippen molar-refractivity contribution >= 4 is 23.4 Å². The Morgan fingerprint density at radius 3 is 2.94 bits per heavy atom. The average Bonchev–Trinajstić information content (AvgIpc) is 2.66. The summed E-state index contributed by atoms with van der Waals surface area (Å²) in [4.78, 5) is 11.7. The van der Waals surface area contributed by atoms with Crippen LogP contribution in [-0.2, 0) is 0 Å². The molecule has 5 N–H and O–H groups in total. The molecular weight excluding hydrogens is 228 g/mol. The van der Waals surface area contributed by atoms with Crippen LogP contribution in [0, 0.1) is 0 Å². The predicted octanol–water partition coefficient (Wildman–Crippen LogP) is -0.166. The number of aliphatic hydroxyl groups excluding tert-OH is 1. The second-order valence-corrected chi connectivity index (χ2v) is 4.50. The van der Waals surface area contributed by atoms with Gasteiger partial charge in [0, 0.05) is 11.3 Å². The van der Waals surface area contributed by atoms with Gasteiger partial charge in [0.05, 0.1) is 18.5 Å². The maximum Gasteiger partial charge on any atom is 0.271 e. The highest BCUT2D eigenvalue weighted by molar-refractivity contribution is 7.99. The van der Waals surface area contributed by atoms with E-state index >= 15 is 0 Å². The first kappa shape index (κ1) is 12.9. The summed E-state index contributed by atoms with van der Waals surface area (Å²) in [6.45, 7) is 1.85. The molecular formula is C9H16N4O2S. The molecule has 6 nitrogen and oxygen atoms in total. The number of nitrogens with zero attached hydrogens (tertiary/aromatic N) is 1. The number of carbonyl (C=O) groups excluding carboxylic acids is 1. The van der Waals surface area contributed by atoms with Gasteiger partial charge in [0.1, 0.15) is 5.69 Å². The van der Waals surface area contributed by atoms with Gasteiger partial charge in [-0.2, -0.15) is 16.9 Å². The van der Waals surface area contributed by atoms with E-state index in [1.54, 1.807) is 0 Å². The molecule has 1 rings (SSSR count). The van der Waals surface area contributed by atoms with E-state index in [9.17, 15) is 4.79 Å². The maximum atomic E-state index is 11.7. The van der Waals surface area contributed by atoms with Crippen molar-refractivity contribution < 1.29 is 9.90 Å². The molecule has 0 aliphatic rings. The summed E-state index contributed by atoms with van der Waals surface area (Å²) in [5.41, 5.74) is 6.12. The molecule has 1 aromatic rings. The normalized spacial score (nSPS) is 14.4. The summed E-state index contributed by atoms with van der Waals surface area (Å²) < 4.78 is 0. The molecule has 0 aliphatic heterocycles. The van der Waals surface area contributed by atoms with Crippen molar-refractivity contribution in [1.29, 1.82) is 0 Å². The first-order valence-corrected chi connectivity index (χ1v) is 6.12. The average molecular weight is 244 g/mol. The second-order valence-electron chi connectivity index (χ2n) is 3.42. The third kappa shape index (κ3) is 2.89. The van der Waals surface area contributed by atoms with Crippen molar-refractivity contribution in [2.45, 2.75) is 18.2 Å². The van der Waals surface area contributed by atoms with Gasteiger partial charge < -0.3 is 16.2 Å². The third-order valence-corrected chi connectivity index (χ3v) is 3.46. The van der Waals surface area contributed by atoms with Crippen LogP contribution >= 0.6 is 11.8 Å². The number of nitrogens with one attached hydrogen (secondary N) is 2. The van der Waals surface area contributed by atoms with Crippen molar-refractivity contribution in [1.82, 2.24) is 15.5 Å². The van der Waals surface area contributed by atoms with Crippen LogP contribution in [0.15, 0.2) is 6.20 Å². The number of amides is 1. The summed E-state index contributed by atoms with van der Waals surface area (Å²) in [6.07, 6.45) is 3.27. The van der Waals surface area contributed by atoms with Gasteiger partial charge in [-0.05, 0) is 13.2 Å². The molecule has 1 aromatic heterocycles. The number of aromatic amines is 1. The lowest BCUT2D eigenvalue weighted by Crippen LogP contribution is -2.41.